The molecule has 0 spiro atoms. The summed E-state index contributed by atoms with van der Waals surface area (Å²) in [7, 11) is 1.65. The highest BCUT2D eigenvalue weighted by molar-refractivity contribution is 5.58. The van der Waals surface area contributed by atoms with E-state index in [1.54, 1.807) is 7.11 Å². The van der Waals surface area contributed by atoms with Crippen molar-refractivity contribution in [1.29, 1.82) is 0 Å². The van der Waals surface area contributed by atoms with Crippen LogP contribution >= 0.6 is 0 Å². The van der Waals surface area contributed by atoms with Crippen molar-refractivity contribution >= 4 is 0 Å². The summed E-state index contributed by atoms with van der Waals surface area (Å²) in [6, 6.07) is 7.81. The van der Waals surface area contributed by atoms with E-state index in [9.17, 15) is 5.11 Å². The molecule has 118 valence electrons. The molecule has 0 fully saturated rings. The van der Waals surface area contributed by atoms with Crippen LogP contribution in [0.25, 0.3) is 11.4 Å². The number of H-pyrrole nitrogens is 1. The van der Waals surface area contributed by atoms with Gasteiger partial charge in [-0.2, -0.15) is 0 Å². The smallest absolute Gasteiger partial charge is 0.137 e. The van der Waals surface area contributed by atoms with Crippen molar-refractivity contribution in [3.63, 3.8) is 0 Å². The minimum absolute atomic E-state index is 0.207. The van der Waals surface area contributed by atoms with Gasteiger partial charge in [-0.25, -0.2) is 4.98 Å². The van der Waals surface area contributed by atoms with Gasteiger partial charge >= 0.3 is 0 Å². The number of nitrogens with zero attached hydrogens (tertiary/aromatic N) is 2. The molecule has 6 heteroatoms. The number of aliphatic hydroxyl groups excluding tert-OH is 2. The standard InChI is InChI=1S/C16H21N3O3/c1-22-13-4-2-3-11(7-13)16-17-14-5-6-19(8-12(21)10-20)9-15(14)18-16/h2-4,7,12,20-21H,5-6,8-10H2,1H3,(H,17,18)/t12-/m1/s1. The van der Waals surface area contributed by atoms with Gasteiger partial charge in [-0.05, 0) is 12.1 Å². The van der Waals surface area contributed by atoms with Crippen LogP contribution in [-0.2, 0) is 13.0 Å². The zero-order valence-corrected chi connectivity index (χ0v) is 12.6. The number of rotatable bonds is 5. The van der Waals surface area contributed by atoms with Crippen LogP contribution in [0.5, 0.6) is 5.75 Å². The Morgan fingerprint density at radius 1 is 1.45 bits per heavy atom. The molecule has 0 saturated carbocycles. The lowest BCUT2D eigenvalue weighted by Gasteiger charge is -2.27. The van der Waals surface area contributed by atoms with E-state index in [1.807, 2.05) is 24.3 Å². The van der Waals surface area contributed by atoms with E-state index in [0.717, 1.165) is 41.5 Å². The molecule has 1 aliphatic rings. The van der Waals surface area contributed by atoms with Crippen molar-refractivity contribution < 1.29 is 14.9 Å². The minimum Gasteiger partial charge on any atom is -0.497 e. The van der Waals surface area contributed by atoms with Crippen molar-refractivity contribution in [1.82, 2.24) is 14.9 Å². The first-order valence-corrected chi connectivity index (χ1v) is 7.43. The van der Waals surface area contributed by atoms with Gasteiger partial charge in [0.2, 0.25) is 0 Å². The predicted molar refractivity (Wildman–Crippen MR) is 82.6 cm³/mol. The molecule has 1 aromatic carbocycles. The summed E-state index contributed by atoms with van der Waals surface area (Å²) >= 11 is 0. The fourth-order valence-corrected chi connectivity index (χ4v) is 2.77. The molecule has 3 rings (SSSR count). The molecule has 1 atom stereocenters. The van der Waals surface area contributed by atoms with Crippen molar-refractivity contribution in [2.45, 2.75) is 19.1 Å². The van der Waals surface area contributed by atoms with Crippen LogP contribution in [-0.4, -0.2) is 58.0 Å². The molecule has 22 heavy (non-hydrogen) atoms. The monoisotopic (exact) mass is 303 g/mol. The zero-order valence-electron chi connectivity index (χ0n) is 12.6. The maximum Gasteiger partial charge on any atom is 0.137 e. The molecule has 1 aromatic heterocycles. The fourth-order valence-electron chi connectivity index (χ4n) is 2.77. The Kier molecular flexibility index (Phi) is 4.42. The van der Waals surface area contributed by atoms with E-state index in [-0.39, 0.29) is 6.61 Å². The van der Waals surface area contributed by atoms with E-state index in [2.05, 4.69) is 14.9 Å². The number of β-amino-alcohol motifs (C(OH)–C–C–N with tert-alkyl or cyclic N) is 1. The van der Waals surface area contributed by atoms with Crippen LogP contribution in [0.15, 0.2) is 24.3 Å². The summed E-state index contributed by atoms with van der Waals surface area (Å²) in [4.78, 5) is 10.2. The minimum atomic E-state index is -0.692. The van der Waals surface area contributed by atoms with E-state index in [1.165, 1.54) is 0 Å². The second kappa shape index (κ2) is 6.48. The third-order valence-corrected chi connectivity index (χ3v) is 3.93. The lowest BCUT2D eigenvalue weighted by atomic mass is 10.1. The molecule has 1 aliphatic heterocycles. The molecule has 2 aromatic rings. The Morgan fingerprint density at radius 2 is 2.32 bits per heavy atom. The average Bonchev–Trinajstić information content (AvgIpc) is 2.98. The Bertz CT molecular complexity index is 641. The second-order valence-electron chi connectivity index (χ2n) is 5.56. The normalized spacial score (nSPS) is 16.3. The molecule has 2 heterocycles. The zero-order chi connectivity index (χ0) is 15.5. The predicted octanol–water partition coefficient (Wildman–Crippen LogP) is 0.797. The molecule has 0 amide bonds. The Balaban J connectivity index is 1.78. The summed E-state index contributed by atoms with van der Waals surface area (Å²) in [5, 5.41) is 18.5. The number of hydrogen-bond donors (Lipinski definition) is 3. The lowest BCUT2D eigenvalue weighted by Crippen LogP contribution is -2.37. The molecule has 0 saturated heterocycles. The maximum atomic E-state index is 9.57. The van der Waals surface area contributed by atoms with Crippen LogP contribution in [0.4, 0.5) is 0 Å². The lowest BCUT2D eigenvalue weighted by molar-refractivity contribution is 0.0546. The van der Waals surface area contributed by atoms with Gasteiger partial charge in [0.05, 0.1) is 31.2 Å². The Labute approximate surface area is 129 Å². The third kappa shape index (κ3) is 3.14. The topological polar surface area (TPSA) is 81.6 Å². The summed E-state index contributed by atoms with van der Waals surface area (Å²) in [6.45, 7) is 1.82. The number of benzene rings is 1. The molecule has 0 bridgehead atoms. The Morgan fingerprint density at radius 3 is 3.09 bits per heavy atom. The van der Waals surface area contributed by atoms with E-state index in [4.69, 9.17) is 9.84 Å². The number of hydrogen-bond acceptors (Lipinski definition) is 5. The highest BCUT2D eigenvalue weighted by Crippen LogP contribution is 2.25. The number of aromatic amines is 1. The van der Waals surface area contributed by atoms with Gasteiger partial charge in [0, 0.05) is 31.6 Å². The molecule has 6 nitrogen and oxygen atoms in total. The van der Waals surface area contributed by atoms with Crippen LogP contribution < -0.4 is 4.74 Å². The van der Waals surface area contributed by atoms with Crippen LogP contribution in [0.2, 0.25) is 0 Å². The third-order valence-electron chi connectivity index (χ3n) is 3.93. The van der Waals surface area contributed by atoms with Crippen LogP contribution in [0, 0.1) is 0 Å². The van der Waals surface area contributed by atoms with Crippen molar-refractivity contribution in [3.8, 4) is 17.1 Å². The van der Waals surface area contributed by atoms with Gasteiger partial charge in [-0.3, -0.25) is 4.90 Å². The first kappa shape index (κ1) is 15.0. The Hall–Kier alpha value is -1.89. The largest absolute Gasteiger partial charge is 0.497 e. The van der Waals surface area contributed by atoms with Crippen molar-refractivity contribution in [2.75, 3.05) is 26.8 Å². The summed E-state index contributed by atoms with van der Waals surface area (Å²) in [5.41, 5.74) is 3.15. The molecule has 3 N–H and O–H groups in total. The first-order valence-electron chi connectivity index (χ1n) is 7.43. The number of aliphatic hydroxyl groups is 2. The summed E-state index contributed by atoms with van der Waals surface area (Å²) in [5.74, 6) is 1.65. The van der Waals surface area contributed by atoms with Crippen LogP contribution in [0.1, 0.15) is 11.4 Å². The number of ether oxygens (including phenoxy) is 1. The number of aromatic nitrogens is 2. The highest BCUT2D eigenvalue weighted by atomic mass is 16.5. The van der Waals surface area contributed by atoms with E-state index < -0.39 is 6.10 Å². The van der Waals surface area contributed by atoms with Gasteiger partial charge in [-0.15, -0.1) is 0 Å². The van der Waals surface area contributed by atoms with Gasteiger partial charge < -0.3 is 19.9 Å². The van der Waals surface area contributed by atoms with Crippen molar-refractivity contribution in [2.24, 2.45) is 0 Å². The van der Waals surface area contributed by atoms with Gasteiger partial charge in [0.1, 0.15) is 11.6 Å². The maximum absolute atomic E-state index is 9.57. The molecular weight excluding hydrogens is 282 g/mol. The van der Waals surface area contributed by atoms with E-state index >= 15 is 0 Å². The number of imidazole rings is 1. The van der Waals surface area contributed by atoms with Gasteiger partial charge in [0.15, 0.2) is 0 Å². The highest BCUT2D eigenvalue weighted by Gasteiger charge is 2.22. The second-order valence-corrected chi connectivity index (χ2v) is 5.56. The van der Waals surface area contributed by atoms with Crippen molar-refractivity contribution in [3.05, 3.63) is 35.7 Å². The number of nitrogens with one attached hydrogen (secondary N) is 1. The molecule has 0 aliphatic carbocycles. The quantitative estimate of drug-likeness (QED) is 0.761. The summed E-state index contributed by atoms with van der Waals surface area (Å²) in [6.07, 6.45) is 0.149. The van der Waals surface area contributed by atoms with Crippen LogP contribution in [0.3, 0.4) is 0 Å². The van der Waals surface area contributed by atoms with Gasteiger partial charge in [0.25, 0.3) is 0 Å². The first-order chi connectivity index (χ1) is 10.7. The number of methoxy groups -OCH3 is 1. The average molecular weight is 303 g/mol. The fraction of sp³-hybridized carbons (Fsp3) is 0.438. The molecular formula is C16H21N3O3. The van der Waals surface area contributed by atoms with E-state index in [0.29, 0.717) is 13.1 Å². The van der Waals surface area contributed by atoms with Gasteiger partial charge in [-0.1, -0.05) is 12.1 Å². The molecule has 0 unspecified atom stereocenters. The molecule has 0 radical (unpaired) electrons. The summed E-state index contributed by atoms with van der Waals surface area (Å²) < 4.78 is 5.25. The number of fused-ring (bicyclic) bond motifs is 1. The SMILES string of the molecule is COc1cccc(-c2nc3c([nH]2)CN(C[C@@H](O)CO)CC3)c1.